The van der Waals surface area contributed by atoms with Gasteiger partial charge in [-0.1, -0.05) is 6.07 Å². The van der Waals surface area contributed by atoms with E-state index >= 15 is 0 Å². The second kappa shape index (κ2) is 6.22. The third-order valence-electron chi connectivity index (χ3n) is 2.43. The van der Waals surface area contributed by atoms with Crippen molar-refractivity contribution in [2.24, 2.45) is 5.73 Å². The van der Waals surface area contributed by atoms with Crippen molar-refractivity contribution in [2.45, 2.75) is 6.04 Å². The molecular weight excluding hydrogens is 220 g/mol. The van der Waals surface area contributed by atoms with Crippen molar-refractivity contribution in [1.29, 1.82) is 0 Å². The molecule has 0 radical (unpaired) electrons. The van der Waals surface area contributed by atoms with Crippen molar-refractivity contribution < 1.29 is 14.3 Å². The average molecular weight is 238 g/mol. The zero-order chi connectivity index (χ0) is 12.8. The van der Waals surface area contributed by atoms with Gasteiger partial charge in [-0.15, -0.1) is 0 Å². The molecule has 0 saturated carbocycles. The SMILES string of the molecule is COCC(N)C(=O)N(C)c1cccc(OC)c1. The molecule has 0 heterocycles. The summed E-state index contributed by atoms with van der Waals surface area (Å²) in [5.41, 5.74) is 6.43. The number of likely N-dealkylation sites (N-methyl/N-ethyl adjacent to an activating group) is 1. The summed E-state index contributed by atoms with van der Waals surface area (Å²) >= 11 is 0. The Morgan fingerprint density at radius 3 is 2.76 bits per heavy atom. The third kappa shape index (κ3) is 3.44. The molecule has 2 N–H and O–H groups in total. The molecule has 0 aromatic heterocycles. The third-order valence-corrected chi connectivity index (χ3v) is 2.43. The number of carbonyl (C=O) groups excluding carboxylic acids is 1. The minimum absolute atomic E-state index is 0.194. The second-order valence-electron chi connectivity index (χ2n) is 3.66. The molecule has 17 heavy (non-hydrogen) atoms. The highest BCUT2D eigenvalue weighted by molar-refractivity contribution is 5.96. The van der Waals surface area contributed by atoms with E-state index in [1.165, 1.54) is 12.0 Å². The molecule has 5 nitrogen and oxygen atoms in total. The molecule has 94 valence electrons. The Morgan fingerprint density at radius 1 is 1.47 bits per heavy atom. The normalized spacial score (nSPS) is 12.0. The standard InChI is InChI=1S/C12H18N2O3/c1-14(12(15)11(13)8-16-2)9-5-4-6-10(7-9)17-3/h4-7,11H,8,13H2,1-3H3. The van der Waals surface area contributed by atoms with E-state index in [0.29, 0.717) is 5.75 Å². The summed E-state index contributed by atoms with van der Waals surface area (Å²) in [7, 11) is 4.77. The lowest BCUT2D eigenvalue weighted by atomic mass is 10.2. The number of nitrogens with two attached hydrogens (primary N) is 1. The van der Waals surface area contributed by atoms with Crippen LogP contribution < -0.4 is 15.4 Å². The Hall–Kier alpha value is -1.59. The molecule has 1 amide bonds. The van der Waals surface area contributed by atoms with E-state index in [9.17, 15) is 4.79 Å². The number of hydrogen-bond donors (Lipinski definition) is 1. The van der Waals surface area contributed by atoms with Gasteiger partial charge in [-0.3, -0.25) is 4.79 Å². The van der Waals surface area contributed by atoms with E-state index in [1.807, 2.05) is 18.2 Å². The smallest absolute Gasteiger partial charge is 0.246 e. The molecule has 0 fully saturated rings. The molecule has 1 rings (SSSR count). The van der Waals surface area contributed by atoms with Gasteiger partial charge in [0.2, 0.25) is 5.91 Å². The monoisotopic (exact) mass is 238 g/mol. The van der Waals surface area contributed by atoms with Gasteiger partial charge in [0.05, 0.1) is 13.7 Å². The molecular formula is C12H18N2O3. The summed E-state index contributed by atoms with van der Waals surface area (Å²) in [5.74, 6) is 0.502. The predicted molar refractivity (Wildman–Crippen MR) is 66.3 cm³/mol. The van der Waals surface area contributed by atoms with Crippen molar-refractivity contribution >= 4 is 11.6 Å². The molecule has 1 aromatic carbocycles. The molecule has 0 saturated heterocycles. The summed E-state index contributed by atoms with van der Waals surface area (Å²) in [6, 6.07) is 6.57. The van der Waals surface area contributed by atoms with Crippen LogP contribution in [0.25, 0.3) is 0 Å². The van der Waals surface area contributed by atoms with Gasteiger partial charge < -0.3 is 20.1 Å². The Kier molecular flexibility index (Phi) is 4.93. The zero-order valence-corrected chi connectivity index (χ0v) is 10.3. The van der Waals surface area contributed by atoms with Crippen LogP contribution in [0.4, 0.5) is 5.69 Å². The topological polar surface area (TPSA) is 64.8 Å². The fraction of sp³-hybridized carbons (Fsp3) is 0.417. The molecule has 5 heteroatoms. The fourth-order valence-corrected chi connectivity index (χ4v) is 1.45. The van der Waals surface area contributed by atoms with Gasteiger partial charge >= 0.3 is 0 Å². The zero-order valence-electron chi connectivity index (χ0n) is 10.3. The number of hydrogen-bond acceptors (Lipinski definition) is 4. The first-order valence-corrected chi connectivity index (χ1v) is 5.26. The maximum absolute atomic E-state index is 11.9. The molecule has 0 aliphatic rings. The van der Waals surface area contributed by atoms with E-state index in [1.54, 1.807) is 20.2 Å². The van der Waals surface area contributed by atoms with Crippen molar-refractivity contribution in [2.75, 3.05) is 32.8 Å². The number of rotatable bonds is 5. The molecule has 0 spiro atoms. The Balaban J connectivity index is 2.80. The molecule has 0 bridgehead atoms. The van der Waals surface area contributed by atoms with Gasteiger partial charge in [-0.05, 0) is 12.1 Å². The summed E-state index contributed by atoms with van der Waals surface area (Å²) in [4.78, 5) is 13.4. The van der Waals surface area contributed by atoms with Crippen LogP contribution >= 0.6 is 0 Å². The highest BCUT2D eigenvalue weighted by Gasteiger charge is 2.19. The van der Waals surface area contributed by atoms with Crippen molar-refractivity contribution in [3.8, 4) is 5.75 Å². The van der Waals surface area contributed by atoms with E-state index in [-0.39, 0.29) is 12.5 Å². The van der Waals surface area contributed by atoms with Gasteiger partial charge in [-0.25, -0.2) is 0 Å². The molecule has 1 atom stereocenters. The quantitative estimate of drug-likeness (QED) is 0.817. The summed E-state index contributed by atoms with van der Waals surface area (Å²) in [5, 5.41) is 0. The fourth-order valence-electron chi connectivity index (χ4n) is 1.45. The van der Waals surface area contributed by atoms with Gasteiger partial charge in [-0.2, -0.15) is 0 Å². The van der Waals surface area contributed by atoms with E-state index in [0.717, 1.165) is 5.69 Å². The lowest BCUT2D eigenvalue weighted by Gasteiger charge is -2.21. The van der Waals surface area contributed by atoms with E-state index in [4.69, 9.17) is 15.2 Å². The van der Waals surface area contributed by atoms with Crippen LogP contribution in [0.5, 0.6) is 5.75 Å². The molecule has 0 aliphatic heterocycles. The van der Waals surface area contributed by atoms with Crippen molar-refractivity contribution in [3.63, 3.8) is 0 Å². The summed E-state index contributed by atoms with van der Waals surface area (Å²) < 4.78 is 9.96. The Morgan fingerprint density at radius 2 is 2.18 bits per heavy atom. The minimum Gasteiger partial charge on any atom is -0.497 e. The lowest BCUT2D eigenvalue weighted by Crippen LogP contribution is -2.44. The highest BCUT2D eigenvalue weighted by Crippen LogP contribution is 2.20. The van der Waals surface area contributed by atoms with E-state index in [2.05, 4.69) is 0 Å². The van der Waals surface area contributed by atoms with Crippen LogP contribution in [0.2, 0.25) is 0 Å². The minimum atomic E-state index is -0.656. The maximum Gasteiger partial charge on any atom is 0.246 e. The first-order chi connectivity index (χ1) is 8.10. The van der Waals surface area contributed by atoms with Gasteiger partial charge in [0.1, 0.15) is 11.8 Å². The van der Waals surface area contributed by atoms with Gasteiger partial charge in [0.15, 0.2) is 0 Å². The average Bonchev–Trinajstić information content (AvgIpc) is 2.37. The van der Waals surface area contributed by atoms with Crippen LogP contribution in [-0.4, -0.2) is 39.8 Å². The number of benzene rings is 1. The predicted octanol–water partition coefficient (Wildman–Crippen LogP) is 0.632. The van der Waals surface area contributed by atoms with Crippen LogP contribution in [0.1, 0.15) is 0 Å². The molecule has 1 aromatic rings. The van der Waals surface area contributed by atoms with Crippen LogP contribution in [0.3, 0.4) is 0 Å². The number of methoxy groups -OCH3 is 2. The van der Waals surface area contributed by atoms with Gasteiger partial charge in [0, 0.05) is 25.9 Å². The van der Waals surface area contributed by atoms with Crippen LogP contribution in [-0.2, 0) is 9.53 Å². The first-order valence-electron chi connectivity index (χ1n) is 5.26. The summed E-state index contributed by atoms with van der Waals surface area (Å²) in [6.07, 6.45) is 0. The maximum atomic E-state index is 11.9. The molecule has 1 unspecified atom stereocenters. The van der Waals surface area contributed by atoms with Crippen molar-refractivity contribution in [3.05, 3.63) is 24.3 Å². The van der Waals surface area contributed by atoms with Gasteiger partial charge in [0.25, 0.3) is 0 Å². The van der Waals surface area contributed by atoms with E-state index < -0.39 is 6.04 Å². The highest BCUT2D eigenvalue weighted by atomic mass is 16.5. The largest absolute Gasteiger partial charge is 0.497 e. The first kappa shape index (κ1) is 13.5. The molecule has 0 aliphatic carbocycles. The number of anilines is 1. The van der Waals surface area contributed by atoms with Crippen LogP contribution in [0, 0.1) is 0 Å². The Bertz CT molecular complexity index is 382. The number of amides is 1. The number of ether oxygens (including phenoxy) is 2. The Labute approximate surface area is 101 Å². The number of carbonyl (C=O) groups is 1. The number of nitrogens with zero attached hydrogens (tertiary/aromatic N) is 1. The summed E-state index contributed by atoms with van der Waals surface area (Å²) in [6.45, 7) is 0.202. The lowest BCUT2D eigenvalue weighted by molar-refractivity contribution is -0.120. The second-order valence-corrected chi connectivity index (χ2v) is 3.66. The van der Waals surface area contributed by atoms with Crippen molar-refractivity contribution in [1.82, 2.24) is 0 Å². The van der Waals surface area contributed by atoms with Crippen LogP contribution in [0.15, 0.2) is 24.3 Å².